The van der Waals surface area contributed by atoms with Gasteiger partial charge in [0.05, 0.1) is 5.69 Å². The molecule has 1 unspecified atom stereocenters. The molecule has 0 saturated carbocycles. The fourth-order valence-electron chi connectivity index (χ4n) is 2.40. The van der Waals surface area contributed by atoms with Gasteiger partial charge in [0.15, 0.2) is 0 Å². The van der Waals surface area contributed by atoms with Crippen LogP contribution in [0.25, 0.3) is 0 Å². The zero-order chi connectivity index (χ0) is 15.3. The lowest BCUT2D eigenvalue weighted by atomic mass is 9.84. The maximum atomic E-state index is 4.63. The number of benzene rings is 1. The summed E-state index contributed by atoms with van der Waals surface area (Å²) < 4.78 is 2.05. The summed E-state index contributed by atoms with van der Waals surface area (Å²) >= 11 is 0. The second kappa shape index (κ2) is 6.90. The van der Waals surface area contributed by atoms with Gasteiger partial charge in [-0.15, -0.1) is 0 Å². The second-order valence-corrected chi connectivity index (χ2v) is 6.40. The maximum Gasteiger partial charge on any atom is 0.0762 e. The first-order valence-electron chi connectivity index (χ1n) is 7.83. The SMILES string of the molecule is CCC(C)n1ccc(CNCC(C)(C)c2ccccc2)n1. The van der Waals surface area contributed by atoms with Gasteiger partial charge in [0.1, 0.15) is 0 Å². The van der Waals surface area contributed by atoms with Gasteiger partial charge >= 0.3 is 0 Å². The van der Waals surface area contributed by atoms with Crippen LogP contribution in [0.2, 0.25) is 0 Å². The molecule has 0 bridgehead atoms. The molecule has 114 valence electrons. The fraction of sp³-hybridized carbons (Fsp3) is 0.500. The number of hydrogen-bond donors (Lipinski definition) is 1. The largest absolute Gasteiger partial charge is 0.310 e. The van der Waals surface area contributed by atoms with Crippen LogP contribution in [-0.4, -0.2) is 16.3 Å². The second-order valence-electron chi connectivity index (χ2n) is 6.40. The van der Waals surface area contributed by atoms with E-state index in [0.717, 1.165) is 25.2 Å². The molecule has 2 rings (SSSR count). The normalized spacial score (nSPS) is 13.3. The highest BCUT2D eigenvalue weighted by atomic mass is 15.3. The first-order chi connectivity index (χ1) is 10.0. The van der Waals surface area contributed by atoms with E-state index in [1.807, 2.05) is 0 Å². The Bertz CT molecular complexity index is 543. The van der Waals surface area contributed by atoms with Crippen molar-refractivity contribution in [1.29, 1.82) is 0 Å². The standard InChI is InChI=1S/C18H27N3/c1-5-15(2)21-12-11-17(20-21)13-19-14-18(3,4)16-9-7-6-8-10-16/h6-12,15,19H,5,13-14H2,1-4H3. The van der Waals surface area contributed by atoms with Crippen molar-refractivity contribution < 1.29 is 0 Å². The summed E-state index contributed by atoms with van der Waals surface area (Å²) in [4.78, 5) is 0. The molecule has 1 N–H and O–H groups in total. The molecule has 0 aliphatic carbocycles. The third-order valence-electron chi connectivity index (χ3n) is 4.13. The highest BCUT2D eigenvalue weighted by Gasteiger charge is 2.19. The molecule has 3 nitrogen and oxygen atoms in total. The summed E-state index contributed by atoms with van der Waals surface area (Å²) in [6.45, 7) is 10.7. The van der Waals surface area contributed by atoms with Crippen LogP contribution in [0.15, 0.2) is 42.6 Å². The lowest BCUT2D eigenvalue weighted by molar-refractivity contribution is 0.453. The van der Waals surface area contributed by atoms with Crippen LogP contribution >= 0.6 is 0 Å². The number of nitrogens with zero attached hydrogens (tertiary/aromatic N) is 2. The number of aromatic nitrogens is 2. The average molecular weight is 285 g/mol. The lowest BCUT2D eigenvalue weighted by Gasteiger charge is -2.25. The van der Waals surface area contributed by atoms with Gasteiger partial charge in [-0.1, -0.05) is 51.1 Å². The van der Waals surface area contributed by atoms with Gasteiger partial charge in [0, 0.05) is 30.7 Å². The van der Waals surface area contributed by atoms with E-state index >= 15 is 0 Å². The zero-order valence-electron chi connectivity index (χ0n) is 13.6. The Hall–Kier alpha value is -1.61. The molecule has 3 heteroatoms. The molecule has 21 heavy (non-hydrogen) atoms. The van der Waals surface area contributed by atoms with Crippen LogP contribution in [0.3, 0.4) is 0 Å². The Labute approximate surface area is 128 Å². The Balaban J connectivity index is 1.88. The predicted octanol–water partition coefficient (Wildman–Crippen LogP) is 3.92. The Kier molecular flexibility index (Phi) is 5.18. The van der Waals surface area contributed by atoms with Crippen molar-refractivity contribution in [2.45, 2.75) is 52.1 Å². The molecule has 0 fully saturated rings. The molecule has 0 aliphatic heterocycles. The van der Waals surface area contributed by atoms with E-state index in [2.05, 4.69) is 85.4 Å². The summed E-state index contributed by atoms with van der Waals surface area (Å²) in [6, 6.07) is 13.2. The van der Waals surface area contributed by atoms with E-state index in [1.165, 1.54) is 5.56 Å². The van der Waals surface area contributed by atoms with Gasteiger partial charge in [-0.3, -0.25) is 4.68 Å². The topological polar surface area (TPSA) is 29.9 Å². The fourth-order valence-corrected chi connectivity index (χ4v) is 2.40. The summed E-state index contributed by atoms with van der Waals surface area (Å²) in [6.07, 6.45) is 3.18. The summed E-state index contributed by atoms with van der Waals surface area (Å²) in [7, 11) is 0. The molecule has 2 aromatic rings. The Morgan fingerprint density at radius 1 is 1.19 bits per heavy atom. The molecule has 0 aliphatic rings. The first kappa shape index (κ1) is 15.8. The minimum Gasteiger partial charge on any atom is -0.310 e. The van der Waals surface area contributed by atoms with Crippen LogP contribution in [0, 0.1) is 0 Å². The van der Waals surface area contributed by atoms with E-state index in [9.17, 15) is 0 Å². The molecule has 0 radical (unpaired) electrons. The third-order valence-corrected chi connectivity index (χ3v) is 4.13. The van der Waals surface area contributed by atoms with E-state index < -0.39 is 0 Å². The molecule has 0 spiro atoms. The predicted molar refractivity (Wildman–Crippen MR) is 88.4 cm³/mol. The quantitative estimate of drug-likeness (QED) is 0.835. The van der Waals surface area contributed by atoms with Crippen molar-refractivity contribution in [2.75, 3.05) is 6.54 Å². The van der Waals surface area contributed by atoms with E-state index in [0.29, 0.717) is 6.04 Å². The molecular weight excluding hydrogens is 258 g/mol. The highest BCUT2D eigenvalue weighted by Crippen LogP contribution is 2.21. The zero-order valence-corrected chi connectivity index (χ0v) is 13.6. The monoisotopic (exact) mass is 285 g/mol. The van der Waals surface area contributed by atoms with Gasteiger partial charge in [-0.05, 0) is 25.0 Å². The summed E-state index contributed by atoms with van der Waals surface area (Å²) in [5, 5.41) is 8.16. The lowest BCUT2D eigenvalue weighted by Crippen LogP contribution is -2.32. The van der Waals surface area contributed by atoms with Crippen LogP contribution in [0.4, 0.5) is 0 Å². The number of rotatable bonds is 7. The van der Waals surface area contributed by atoms with E-state index in [-0.39, 0.29) is 5.41 Å². The molecule has 1 aromatic carbocycles. The van der Waals surface area contributed by atoms with Crippen molar-refractivity contribution in [2.24, 2.45) is 0 Å². The van der Waals surface area contributed by atoms with E-state index in [1.54, 1.807) is 0 Å². The molecule has 1 aromatic heterocycles. The maximum absolute atomic E-state index is 4.63. The summed E-state index contributed by atoms with van der Waals surface area (Å²) in [5.41, 5.74) is 2.60. The van der Waals surface area contributed by atoms with Gasteiger partial charge in [-0.25, -0.2) is 0 Å². The molecular formula is C18H27N3. The molecule has 1 heterocycles. The first-order valence-corrected chi connectivity index (χ1v) is 7.83. The number of nitrogens with one attached hydrogen (secondary N) is 1. The van der Waals surface area contributed by atoms with Crippen LogP contribution < -0.4 is 5.32 Å². The summed E-state index contributed by atoms with van der Waals surface area (Å²) in [5.74, 6) is 0. The van der Waals surface area contributed by atoms with Crippen molar-refractivity contribution in [3.63, 3.8) is 0 Å². The minimum atomic E-state index is 0.126. The van der Waals surface area contributed by atoms with Crippen LogP contribution in [-0.2, 0) is 12.0 Å². The molecule has 0 amide bonds. The highest BCUT2D eigenvalue weighted by molar-refractivity contribution is 5.23. The van der Waals surface area contributed by atoms with Crippen LogP contribution in [0.5, 0.6) is 0 Å². The van der Waals surface area contributed by atoms with Crippen molar-refractivity contribution >= 4 is 0 Å². The van der Waals surface area contributed by atoms with Crippen LogP contribution in [0.1, 0.15) is 51.4 Å². The van der Waals surface area contributed by atoms with Crippen molar-refractivity contribution in [3.8, 4) is 0 Å². The third kappa shape index (κ3) is 4.18. The Morgan fingerprint density at radius 2 is 1.90 bits per heavy atom. The smallest absolute Gasteiger partial charge is 0.0762 e. The van der Waals surface area contributed by atoms with Gasteiger partial charge in [0.25, 0.3) is 0 Å². The van der Waals surface area contributed by atoms with Crippen molar-refractivity contribution in [1.82, 2.24) is 15.1 Å². The Morgan fingerprint density at radius 3 is 2.57 bits per heavy atom. The average Bonchev–Trinajstić information content (AvgIpc) is 2.96. The van der Waals surface area contributed by atoms with Gasteiger partial charge in [-0.2, -0.15) is 5.10 Å². The molecule has 0 saturated heterocycles. The van der Waals surface area contributed by atoms with Crippen molar-refractivity contribution in [3.05, 3.63) is 53.9 Å². The molecule has 1 atom stereocenters. The minimum absolute atomic E-state index is 0.126. The van der Waals surface area contributed by atoms with Gasteiger partial charge < -0.3 is 5.32 Å². The number of hydrogen-bond acceptors (Lipinski definition) is 2. The van der Waals surface area contributed by atoms with Gasteiger partial charge in [0.2, 0.25) is 0 Å². The van der Waals surface area contributed by atoms with E-state index in [4.69, 9.17) is 0 Å².